The van der Waals surface area contributed by atoms with Crippen molar-refractivity contribution in [3.8, 4) is 0 Å². The van der Waals surface area contributed by atoms with Crippen LogP contribution in [-0.4, -0.2) is 53.5 Å². The molecule has 13 heteroatoms. The molecule has 36 heavy (non-hydrogen) atoms. The number of alkyl halides is 6. The smallest absolute Gasteiger partial charge is 0.369 e. The van der Waals surface area contributed by atoms with Crippen LogP contribution in [0.5, 0.6) is 0 Å². The van der Waals surface area contributed by atoms with Crippen molar-refractivity contribution in [2.45, 2.75) is 62.5 Å². The number of rotatable bonds is 6. The van der Waals surface area contributed by atoms with Crippen molar-refractivity contribution < 1.29 is 36.2 Å². The SMILES string of the molecule is Cc1cnc(NC2CCC(c3cc(C(N)=O)ccc3C(O)(C(F)(F)F)C(F)(F)F)CC2)nc1N(C)C. The van der Waals surface area contributed by atoms with Crippen LogP contribution in [0.1, 0.15) is 58.6 Å². The molecular weight excluding hydrogens is 492 g/mol. The second kappa shape index (κ2) is 9.75. The number of halogens is 6. The van der Waals surface area contributed by atoms with Crippen molar-refractivity contribution in [1.29, 1.82) is 0 Å². The van der Waals surface area contributed by atoms with Crippen LogP contribution in [0, 0.1) is 6.92 Å². The number of aryl methyl sites for hydroxylation is 1. The Labute approximate surface area is 203 Å². The average molecular weight is 519 g/mol. The molecule has 0 radical (unpaired) electrons. The van der Waals surface area contributed by atoms with Gasteiger partial charge in [-0.3, -0.25) is 4.79 Å². The van der Waals surface area contributed by atoms with Crippen molar-refractivity contribution in [3.63, 3.8) is 0 Å². The minimum atomic E-state index is -6.04. The van der Waals surface area contributed by atoms with E-state index < -0.39 is 40.9 Å². The number of amides is 1. The van der Waals surface area contributed by atoms with E-state index in [0.717, 1.165) is 17.7 Å². The Morgan fingerprint density at radius 3 is 2.17 bits per heavy atom. The zero-order valence-corrected chi connectivity index (χ0v) is 19.8. The van der Waals surface area contributed by atoms with Crippen LogP contribution in [-0.2, 0) is 5.60 Å². The monoisotopic (exact) mass is 519 g/mol. The molecule has 0 aliphatic heterocycles. The zero-order chi connectivity index (χ0) is 27.1. The van der Waals surface area contributed by atoms with E-state index in [4.69, 9.17) is 5.73 Å². The molecule has 1 saturated carbocycles. The lowest BCUT2D eigenvalue weighted by Gasteiger charge is -2.37. The molecule has 0 saturated heterocycles. The van der Waals surface area contributed by atoms with Crippen molar-refractivity contribution in [1.82, 2.24) is 9.97 Å². The quantitative estimate of drug-likeness (QED) is 0.489. The molecule has 4 N–H and O–H groups in total. The van der Waals surface area contributed by atoms with Crippen LogP contribution in [0.3, 0.4) is 0 Å². The van der Waals surface area contributed by atoms with E-state index in [1.807, 2.05) is 25.9 Å². The third-order valence-corrected chi connectivity index (χ3v) is 6.42. The number of benzene rings is 1. The maximum absolute atomic E-state index is 13.6. The molecule has 1 heterocycles. The predicted octanol–water partition coefficient (Wildman–Crippen LogP) is 4.40. The Hall–Kier alpha value is -3.09. The number of aromatic nitrogens is 2. The van der Waals surface area contributed by atoms with E-state index >= 15 is 0 Å². The lowest BCUT2D eigenvalue weighted by Crippen LogP contribution is -2.54. The van der Waals surface area contributed by atoms with Crippen LogP contribution >= 0.6 is 0 Å². The number of carbonyl (C=O) groups excluding carboxylic acids is 1. The molecule has 0 atom stereocenters. The summed E-state index contributed by atoms with van der Waals surface area (Å²) in [7, 11) is 3.65. The van der Waals surface area contributed by atoms with Gasteiger partial charge in [-0.2, -0.15) is 31.3 Å². The van der Waals surface area contributed by atoms with Gasteiger partial charge in [0.05, 0.1) is 0 Å². The van der Waals surface area contributed by atoms with Crippen molar-refractivity contribution >= 4 is 17.7 Å². The molecule has 1 fully saturated rings. The Morgan fingerprint density at radius 1 is 1.08 bits per heavy atom. The first-order valence-electron chi connectivity index (χ1n) is 11.1. The van der Waals surface area contributed by atoms with Gasteiger partial charge in [-0.1, -0.05) is 6.07 Å². The van der Waals surface area contributed by atoms with E-state index in [1.165, 1.54) is 0 Å². The number of carbonyl (C=O) groups is 1. The lowest BCUT2D eigenvalue weighted by molar-refractivity contribution is -0.376. The van der Waals surface area contributed by atoms with Crippen LogP contribution in [0.25, 0.3) is 0 Å². The summed E-state index contributed by atoms with van der Waals surface area (Å²) in [6.45, 7) is 1.85. The van der Waals surface area contributed by atoms with Crippen LogP contribution in [0.2, 0.25) is 0 Å². The van der Waals surface area contributed by atoms with E-state index in [1.54, 1.807) is 6.20 Å². The Bertz CT molecular complexity index is 1100. The highest BCUT2D eigenvalue weighted by Crippen LogP contribution is 2.52. The van der Waals surface area contributed by atoms with Gasteiger partial charge < -0.3 is 21.1 Å². The normalized spacial score (nSPS) is 19.2. The number of nitrogens with one attached hydrogen (secondary N) is 1. The van der Waals surface area contributed by atoms with Gasteiger partial charge in [-0.15, -0.1) is 0 Å². The summed E-state index contributed by atoms with van der Waals surface area (Å²) in [6, 6.07) is 1.99. The molecule has 198 valence electrons. The molecule has 0 unspecified atom stereocenters. The summed E-state index contributed by atoms with van der Waals surface area (Å²) in [5, 5.41) is 13.2. The number of aliphatic hydroxyl groups is 1. The number of hydrogen-bond donors (Lipinski definition) is 3. The Kier molecular flexibility index (Phi) is 7.45. The number of anilines is 2. The van der Waals surface area contributed by atoms with Gasteiger partial charge in [0.1, 0.15) is 5.82 Å². The average Bonchev–Trinajstić information content (AvgIpc) is 2.78. The summed E-state index contributed by atoms with van der Waals surface area (Å²) in [6.07, 6.45) is -9.27. The molecule has 1 aliphatic rings. The first-order valence-corrected chi connectivity index (χ1v) is 11.1. The maximum Gasteiger partial charge on any atom is 0.430 e. The number of nitrogens with two attached hydrogens (primary N) is 1. The highest BCUT2D eigenvalue weighted by atomic mass is 19.4. The van der Waals surface area contributed by atoms with Gasteiger partial charge in [0.2, 0.25) is 11.9 Å². The topological polar surface area (TPSA) is 104 Å². The number of hydrogen-bond acceptors (Lipinski definition) is 6. The molecule has 7 nitrogen and oxygen atoms in total. The molecule has 0 bridgehead atoms. The summed E-state index contributed by atoms with van der Waals surface area (Å²) >= 11 is 0. The van der Waals surface area contributed by atoms with Crippen LogP contribution < -0.4 is 16.0 Å². The van der Waals surface area contributed by atoms with Gasteiger partial charge >= 0.3 is 12.4 Å². The number of nitrogens with zero attached hydrogens (tertiary/aromatic N) is 3. The Morgan fingerprint density at radius 2 is 1.67 bits per heavy atom. The van der Waals surface area contributed by atoms with Gasteiger partial charge in [0.15, 0.2) is 0 Å². The third-order valence-electron chi connectivity index (χ3n) is 6.42. The highest BCUT2D eigenvalue weighted by molar-refractivity contribution is 5.93. The molecule has 0 spiro atoms. The van der Waals surface area contributed by atoms with Crippen molar-refractivity contribution in [3.05, 3.63) is 46.6 Å². The minimum Gasteiger partial charge on any atom is -0.369 e. The Balaban J connectivity index is 1.90. The van der Waals surface area contributed by atoms with Crippen LogP contribution in [0.15, 0.2) is 24.4 Å². The second-order valence-electron chi connectivity index (χ2n) is 9.16. The molecule has 2 aromatic rings. The molecular formula is C23H27F6N5O2. The lowest BCUT2D eigenvalue weighted by atomic mass is 9.76. The first-order chi connectivity index (χ1) is 16.6. The predicted molar refractivity (Wildman–Crippen MR) is 121 cm³/mol. The van der Waals surface area contributed by atoms with E-state index in [0.29, 0.717) is 30.7 Å². The fraction of sp³-hybridized carbons (Fsp3) is 0.522. The summed E-state index contributed by atoms with van der Waals surface area (Å²) in [5.74, 6) is -0.723. The van der Waals surface area contributed by atoms with E-state index in [-0.39, 0.29) is 24.4 Å². The third kappa shape index (κ3) is 5.20. The fourth-order valence-corrected chi connectivity index (χ4v) is 4.54. The molecule has 1 aromatic carbocycles. The fourth-order valence-electron chi connectivity index (χ4n) is 4.54. The van der Waals surface area contributed by atoms with E-state index in [2.05, 4.69) is 15.3 Å². The summed E-state index contributed by atoms with van der Waals surface area (Å²) < 4.78 is 81.8. The standard InChI is InChI=1S/C23H27F6N5O2/c1-12-11-31-20(33-19(12)34(2)3)32-15-7-4-13(5-8-15)16-10-14(18(30)35)6-9-17(16)21(36,22(24,25)26)23(27,28)29/h6,9-11,13,15,36H,4-5,7-8H2,1-3H3,(H2,30,35)(H,31,32,33). The summed E-state index contributed by atoms with van der Waals surface area (Å²) in [4.78, 5) is 22.1. The molecule has 1 amide bonds. The van der Waals surface area contributed by atoms with Gasteiger partial charge in [-0.25, -0.2) is 4.98 Å². The zero-order valence-electron chi connectivity index (χ0n) is 19.8. The van der Waals surface area contributed by atoms with E-state index in [9.17, 15) is 36.2 Å². The molecule has 1 aromatic heterocycles. The molecule has 1 aliphatic carbocycles. The largest absolute Gasteiger partial charge is 0.430 e. The summed E-state index contributed by atoms with van der Waals surface area (Å²) in [5.41, 5.74) is -1.01. The maximum atomic E-state index is 13.6. The number of primary amides is 1. The first kappa shape index (κ1) is 27.5. The molecule has 3 rings (SSSR count). The van der Waals surface area contributed by atoms with Crippen molar-refractivity contribution in [2.24, 2.45) is 5.73 Å². The van der Waals surface area contributed by atoms with Gasteiger partial charge in [0, 0.05) is 43.0 Å². The minimum absolute atomic E-state index is 0.175. The van der Waals surface area contributed by atoms with Crippen LogP contribution in [0.4, 0.5) is 38.1 Å². The van der Waals surface area contributed by atoms with Gasteiger partial charge in [-0.05, 0) is 56.2 Å². The van der Waals surface area contributed by atoms with Gasteiger partial charge in [0.25, 0.3) is 5.60 Å². The van der Waals surface area contributed by atoms with Crippen molar-refractivity contribution in [2.75, 3.05) is 24.3 Å². The highest BCUT2D eigenvalue weighted by Gasteiger charge is 2.72. The second-order valence-corrected chi connectivity index (χ2v) is 9.16.